The zero-order chi connectivity index (χ0) is 9.14. The van der Waals surface area contributed by atoms with Gasteiger partial charge in [0.15, 0.2) is 0 Å². The van der Waals surface area contributed by atoms with Gasteiger partial charge in [-0.3, -0.25) is 0 Å². The fraction of sp³-hybridized carbons (Fsp3) is 0.714. The Morgan fingerprint density at radius 3 is 2.58 bits per heavy atom. The van der Waals surface area contributed by atoms with Gasteiger partial charge in [-0.25, -0.2) is 0 Å². The van der Waals surface area contributed by atoms with Crippen LogP contribution in [0.15, 0.2) is 4.52 Å². The molecule has 1 rings (SSSR count). The van der Waals surface area contributed by atoms with Gasteiger partial charge in [-0.15, -0.1) is 0 Å². The molecule has 5 nitrogen and oxygen atoms in total. The summed E-state index contributed by atoms with van der Waals surface area (Å²) in [5.74, 6) is 1.22. The molecule has 0 amide bonds. The summed E-state index contributed by atoms with van der Waals surface area (Å²) in [5.41, 5.74) is 0. The quantitative estimate of drug-likeness (QED) is 0.712. The molecule has 0 saturated heterocycles. The number of aromatic nitrogens is 2. The van der Waals surface area contributed by atoms with Gasteiger partial charge < -0.3 is 14.7 Å². The molecule has 1 aromatic heterocycles. The summed E-state index contributed by atoms with van der Waals surface area (Å²) in [7, 11) is 5.60. The Bertz CT molecular complexity index is 245. The van der Waals surface area contributed by atoms with E-state index in [0.717, 1.165) is 0 Å². The molecule has 12 heavy (non-hydrogen) atoms. The summed E-state index contributed by atoms with van der Waals surface area (Å²) in [6.07, 6.45) is 0. The highest BCUT2D eigenvalue weighted by atomic mass is 16.5. The van der Waals surface area contributed by atoms with Gasteiger partial charge in [0, 0.05) is 14.1 Å². The molecule has 5 heteroatoms. The lowest BCUT2D eigenvalue weighted by Gasteiger charge is -2.04. The second-order valence-corrected chi connectivity index (χ2v) is 2.84. The van der Waals surface area contributed by atoms with E-state index in [-0.39, 0.29) is 6.04 Å². The zero-order valence-electron chi connectivity index (χ0n) is 7.83. The van der Waals surface area contributed by atoms with E-state index >= 15 is 0 Å². The second kappa shape index (κ2) is 3.53. The van der Waals surface area contributed by atoms with Crippen LogP contribution in [0.25, 0.3) is 0 Å². The molecule has 0 aliphatic carbocycles. The molecule has 0 aliphatic heterocycles. The first-order chi connectivity index (χ1) is 5.65. The number of nitrogens with one attached hydrogen (secondary N) is 1. The van der Waals surface area contributed by atoms with Crippen molar-refractivity contribution in [3.63, 3.8) is 0 Å². The van der Waals surface area contributed by atoms with Gasteiger partial charge in [0.2, 0.25) is 5.89 Å². The van der Waals surface area contributed by atoms with Crippen molar-refractivity contribution in [1.82, 2.24) is 15.5 Å². The SMILES string of the molecule is CNC(C)c1nc(N(C)C)no1. The third-order valence-electron chi connectivity index (χ3n) is 1.63. The average Bonchev–Trinajstić information content (AvgIpc) is 2.51. The minimum atomic E-state index is 0.103. The molecule has 0 spiro atoms. The van der Waals surface area contributed by atoms with E-state index in [1.807, 2.05) is 28.1 Å². The number of anilines is 1. The summed E-state index contributed by atoms with van der Waals surface area (Å²) in [6.45, 7) is 1.97. The van der Waals surface area contributed by atoms with Crippen molar-refractivity contribution in [3.8, 4) is 0 Å². The first-order valence-corrected chi connectivity index (χ1v) is 3.83. The highest BCUT2D eigenvalue weighted by Gasteiger charge is 2.12. The van der Waals surface area contributed by atoms with Crippen molar-refractivity contribution in [2.75, 3.05) is 26.0 Å². The number of hydrogen-bond acceptors (Lipinski definition) is 5. The van der Waals surface area contributed by atoms with Gasteiger partial charge in [0.1, 0.15) is 0 Å². The van der Waals surface area contributed by atoms with E-state index < -0.39 is 0 Å². The van der Waals surface area contributed by atoms with Crippen LogP contribution >= 0.6 is 0 Å². The molecule has 0 radical (unpaired) electrons. The third-order valence-corrected chi connectivity index (χ3v) is 1.63. The first kappa shape index (κ1) is 8.99. The summed E-state index contributed by atoms with van der Waals surface area (Å²) < 4.78 is 5.01. The van der Waals surface area contributed by atoms with Crippen molar-refractivity contribution >= 4 is 5.95 Å². The molecule has 0 aromatic carbocycles. The lowest BCUT2D eigenvalue weighted by atomic mass is 10.3. The van der Waals surface area contributed by atoms with E-state index in [9.17, 15) is 0 Å². The van der Waals surface area contributed by atoms with E-state index in [0.29, 0.717) is 11.8 Å². The first-order valence-electron chi connectivity index (χ1n) is 3.83. The molecule has 1 N–H and O–H groups in total. The zero-order valence-corrected chi connectivity index (χ0v) is 7.83. The Morgan fingerprint density at radius 1 is 1.50 bits per heavy atom. The van der Waals surface area contributed by atoms with Crippen LogP contribution in [-0.2, 0) is 0 Å². The Hall–Kier alpha value is -1.10. The lowest BCUT2D eigenvalue weighted by Crippen LogP contribution is -2.14. The molecule has 1 unspecified atom stereocenters. The summed E-state index contributed by atoms with van der Waals surface area (Å²) in [6, 6.07) is 0.103. The fourth-order valence-electron chi connectivity index (χ4n) is 0.708. The topological polar surface area (TPSA) is 54.2 Å². The van der Waals surface area contributed by atoms with Crippen LogP contribution in [0.3, 0.4) is 0 Å². The second-order valence-electron chi connectivity index (χ2n) is 2.84. The maximum absolute atomic E-state index is 5.01. The number of nitrogens with zero attached hydrogens (tertiary/aromatic N) is 3. The standard InChI is InChI=1S/C7H14N4O/c1-5(8-2)6-9-7(10-12-6)11(3)4/h5,8H,1-4H3. The lowest BCUT2D eigenvalue weighted by molar-refractivity contribution is 0.346. The van der Waals surface area contributed by atoms with Crippen molar-refractivity contribution in [1.29, 1.82) is 0 Å². The molecule has 1 heterocycles. The van der Waals surface area contributed by atoms with E-state index in [1.54, 1.807) is 4.90 Å². The van der Waals surface area contributed by atoms with E-state index in [4.69, 9.17) is 4.52 Å². The molecular weight excluding hydrogens is 156 g/mol. The van der Waals surface area contributed by atoms with Gasteiger partial charge in [0.05, 0.1) is 6.04 Å². The van der Waals surface area contributed by atoms with Crippen molar-refractivity contribution in [2.45, 2.75) is 13.0 Å². The Balaban J connectivity index is 2.77. The maximum atomic E-state index is 5.01. The maximum Gasteiger partial charge on any atom is 0.265 e. The minimum Gasteiger partial charge on any atom is -0.344 e. The molecule has 0 fully saturated rings. The fourth-order valence-corrected chi connectivity index (χ4v) is 0.708. The molecule has 1 aromatic rings. The summed E-state index contributed by atoms with van der Waals surface area (Å²) in [4.78, 5) is 5.97. The molecular formula is C7H14N4O. The molecule has 1 atom stereocenters. The van der Waals surface area contributed by atoms with Gasteiger partial charge in [0.25, 0.3) is 5.95 Å². The minimum absolute atomic E-state index is 0.103. The average molecular weight is 170 g/mol. The molecule has 0 bridgehead atoms. The van der Waals surface area contributed by atoms with Crippen LogP contribution in [0.1, 0.15) is 18.9 Å². The molecule has 68 valence electrons. The van der Waals surface area contributed by atoms with Crippen LogP contribution < -0.4 is 10.2 Å². The third kappa shape index (κ3) is 1.73. The smallest absolute Gasteiger partial charge is 0.265 e. The van der Waals surface area contributed by atoms with Gasteiger partial charge in [-0.1, -0.05) is 0 Å². The number of rotatable bonds is 3. The van der Waals surface area contributed by atoms with Crippen LogP contribution in [0.4, 0.5) is 5.95 Å². The molecule has 0 aliphatic rings. The molecule has 0 saturated carbocycles. The number of hydrogen-bond donors (Lipinski definition) is 1. The Morgan fingerprint density at radius 2 is 2.17 bits per heavy atom. The highest BCUT2D eigenvalue weighted by Crippen LogP contribution is 2.12. The van der Waals surface area contributed by atoms with Crippen LogP contribution in [0, 0.1) is 0 Å². The van der Waals surface area contributed by atoms with Crippen LogP contribution in [-0.4, -0.2) is 31.3 Å². The Kier molecular flexibility index (Phi) is 2.65. The monoisotopic (exact) mass is 170 g/mol. The van der Waals surface area contributed by atoms with Gasteiger partial charge in [-0.2, -0.15) is 4.98 Å². The van der Waals surface area contributed by atoms with Gasteiger partial charge >= 0.3 is 0 Å². The van der Waals surface area contributed by atoms with Crippen molar-refractivity contribution in [2.24, 2.45) is 0 Å². The van der Waals surface area contributed by atoms with Gasteiger partial charge in [-0.05, 0) is 19.1 Å². The normalized spacial score (nSPS) is 13.0. The Labute approximate surface area is 71.8 Å². The summed E-state index contributed by atoms with van der Waals surface area (Å²) >= 11 is 0. The predicted octanol–water partition coefficient (Wildman–Crippen LogP) is 0.416. The largest absolute Gasteiger partial charge is 0.344 e. The van der Waals surface area contributed by atoms with Crippen LogP contribution in [0.5, 0.6) is 0 Å². The highest BCUT2D eigenvalue weighted by molar-refractivity contribution is 5.23. The van der Waals surface area contributed by atoms with E-state index in [2.05, 4.69) is 15.5 Å². The van der Waals surface area contributed by atoms with E-state index in [1.165, 1.54) is 0 Å². The summed E-state index contributed by atoms with van der Waals surface area (Å²) in [5, 5.41) is 6.80. The van der Waals surface area contributed by atoms with Crippen LogP contribution in [0.2, 0.25) is 0 Å². The van der Waals surface area contributed by atoms with Crippen molar-refractivity contribution < 1.29 is 4.52 Å². The van der Waals surface area contributed by atoms with Crippen molar-refractivity contribution in [3.05, 3.63) is 5.89 Å². The predicted molar refractivity (Wildman–Crippen MR) is 46.1 cm³/mol.